The van der Waals surface area contributed by atoms with Crippen LogP contribution in [0.25, 0.3) is 0 Å². The van der Waals surface area contributed by atoms with E-state index in [2.05, 4.69) is 25.2 Å². The van der Waals surface area contributed by atoms with Crippen molar-refractivity contribution in [2.75, 3.05) is 19.5 Å². The van der Waals surface area contributed by atoms with Gasteiger partial charge in [-0.05, 0) is 6.92 Å². The molecule has 10 heteroatoms. The molecule has 0 atom stereocenters. The second kappa shape index (κ2) is 6.48. The van der Waals surface area contributed by atoms with Crippen LogP contribution in [0.1, 0.15) is 10.6 Å². The van der Waals surface area contributed by atoms with E-state index < -0.39 is 0 Å². The number of aromatic nitrogens is 3. The summed E-state index contributed by atoms with van der Waals surface area (Å²) in [6, 6.07) is -0.378. The van der Waals surface area contributed by atoms with Gasteiger partial charge < -0.3 is 14.8 Å². The number of carbonyl (C=O) groups is 1. The SMILES string of the molecule is COc1nsc(OC)c1CNC(=O)Nc1nnc(C)s1. The zero-order valence-electron chi connectivity index (χ0n) is 11.1. The van der Waals surface area contributed by atoms with E-state index in [9.17, 15) is 4.79 Å². The van der Waals surface area contributed by atoms with Gasteiger partial charge >= 0.3 is 6.03 Å². The molecule has 0 bridgehead atoms. The molecule has 0 unspecified atom stereocenters. The summed E-state index contributed by atoms with van der Waals surface area (Å²) < 4.78 is 14.3. The van der Waals surface area contributed by atoms with Crippen LogP contribution in [0.2, 0.25) is 0 Å². The predicted octanol–water partition coefficient (Wildman–Crippen LogP) is 1.64. The Morgan fingerprint density at radius 1 is 1.30 bits per heavy atom. The number of amides is 2. The van der Waals surface area contributed by atoms with Crippen molar-refractivity contribution in [3.8, 4) is 10.9 Å². The number of carbonyl (C=O) groups excluding carboxylic acids is 1. The number of ether oxygens (including phenoxy) is 2. The summed E-state index contributed by atoms with van der Waals surface area (Å²) >= 11 is 2.47. The number of nitrogens with one attached hydrogen (secondary N) is 2. The maximum absolute atomic E-state index is 11.7. The molecule has 0 saturated heterocycles. The first-order chi connectivity index (χ1) is 9.63. The lowest BCUT2D eigenvalue weighted by Crippen LogP contribution is -2.28. The van der Waals surface area contributed by atoms with Gasteiger partial charge in [-0.3, -0.25) is 5.32 Å². The third-order valence-corrected chi connectivity index (χ3v) is 3.86. The van der Waals surface area contributed by atoms with Crippen LogP contribution >= 0.6 is 22.9 Å². The molecule has 0 saturated carbocycles. The minimum Gasteiger partial charge on any atom is -0.486 e. The number of anilines is 1. The summed E-state index contributed by atoms with van der Waals surface area (Å²) in [5.74, 6) is 0.443. The molecule has 0 aromatic carbocycles. The molecule has 2 aromatic heterocycles. The third-order valence-electron chi connectivity index (χ3n) is 2.27. The molecular formula is C10H13N5O3S2. The lowest BCUT2D eigenvalue weighted by molar-refractivity contribution is 0.251. The Kier molecular flexibility index (Phi) is 4.69. The largest absolute Gasteiger partial charge is 0.486 e. The maximum Gasteiger partial charge on any atom is 0.321 e. The van der Waals surface area contributed by atoms with Gasteiger partial charge in [0, 0.05) is 11.5 Å². The quantitative estimate of drug-likeness (QED) is 0.870. The molecule has 0 fully saturated rings. The number of rotatable bonds is 5. The predicted molar refractivity (Wildman–Crippen MR) is 75.7 cm³/mol. The van der Waals surface area contributed by atoms with Gasteiger partial charge in [0.2, 0.25) is 16.1 Å². The topological polar surface area (TPSA) is 98.3 Å². The highest BCUT2D eigenvalue weighted by Crippen LogP contribution is 2.32. The van der Waals surface area contributed by atoms with Crippen LogP contribution in [-0.4, -0.2) is 34.8 Å². The molecule has 2 N–H and O–H groups in total. The first-order valence-corrected chi connectivity index (χ1v) is 7.14. The van der Waals surface area contributed by atoms with E-state index in [0.717, 1.165) is 5.01 Å². The zero-order valence-corrected chi connectivity index (χ0v) is 12.7. The molecule has 0 aliphatic carbocycles. The van der Waals surface area contributed by atoms with Gasteiger partial charge in [-0.1, -0.05) is 11.3 Å². The number of urea groups is 1. The highest BCUT2D eigenvalue weighted by atomic mass is 32.1. The second-order valence-corrected chi connectivity index (χ2v) is 5.51. The fourth-order valence-electron chi connectivity index (χ4n) is 1.41. The van der Waals surface area contributed by atoms with E-state index in [1.54, 1.807) is 7.11 Å². The second-order valence-electron chi connectivity index (χ2n) is 3.60. The average Bonchev–Trinajstić information content (AvgIpc) is 3.01. The van der Waals surface area contributed by atoms with Crippen LogP contribution in [0.5, 0.6) is 10.9 Å². The van der Waals surface area contributed by atoms with E-state index in [1.165, 1.54) is 30.0 Å². The summed E-state index contributed by atoms with van der Waals surface area (Å²) in [6.45, 7) is 2.06. The lowest BCUT2D eigenvalue weighted by Gasteiger charge is -2.06. The zero-order chi connectivity index (χ0) is 14.5. The molecular weight excluding hydrogens is 302 g/mol. The fourth-order valence-corrected chi connectivity index (χ4v) is 2.69. The summed E-state index contributed by atoms with van der Waals surface area (Å²) in [7, 11) is 3.06. The van der Waals surface area contributed by atoms with E-state index in [0.29, 0.717) is 21.6 Å². The Morgan fingerprint density at radius 2 is 2.10 bits per heavy atom. The summed E-state index contributed by atoms with van der Waals surface area (Å²) in [6.07, 6.45) is 0. The van der Waals surface area contributed by atoms with Crippen molar-refractivity contribution in [1.82, 2.24) is 19.9 Å². The van der Waals surface area contributed by atoms with E-state index in [1.807, 2.05) is 6.92 Å². The molecule has 2 aromatic rings. The lowest BCUT2D eigenvalue weighted by atomic mass is 10.3. The molecule has 8 nitrogen and oxygen atoms in total. The van der Waals surface area contributed by atoms with Crippen molar-refractivity contribution < 1.29 is 14.3 Å². The Hall–Kier alpha value is -1.94. The van der Waals surface area contributed by atoms with E-state index in [-0.39, 0.29) is 12.6 Å². The molecule has 2 heterocycles. The maximum atomic E-state index is 11.7. The Morgan fingerprint density at radius 3 is 2.70 bits per heavy atom. The van der Waals surface area contributed by atoms with Crippen LogP contribution in [0.15, 0.2) is 0 Å². The van der Waals surface area contributed by atoms with Crippen molar-refractivity contribution in [1.29, 1.82) is 0 Å². The molecule has 20 heavy (non-hydrogen) atoms. The van der Waals surface area contributed by atoms with Gasteiger partial charge in [-0.15, -0.1) is 10.2 Å². The van der Waals surface area contributed by atoms with Gasteiger partial charge in [0.1, 0.15) is 5.01 Å². The van der Waals surface area contributed by atoms with Crippen LogP contribution in [0.4, 0.5) is 9.93 Å². The smallest absolute Gasteiger partial charge is 0.321 e. The van der Waals surface area contributed by atoms with Gasteiger partial charge in [-0.2, -0.15) is 4.37 Å². The monoisotopic (exact) mass is 315 g/mol. The molecule has 0 aliphatic rings. The number of methoxy groups -OCH3 is 2. The summed E-state index contributed by atoms with van der Waals surface area (Å²) in [5.41, 5.74) is 0.698. The minimum absolute atomic E-state index is 0.243. The molecule has 0 aliphatic heterocycles. The number of aryl methyl sites for hydroxylation is 1. The number of hydrogen-bond donors (Lipinski definition) is 2. The van der Waals surface area contributed by atoms with Gasteiger partial charge in [0.25, 0.3) is 0 Å². The van der Waals surface area contributed by atoms with E-state index >= 15 is 0 Å². The van der Waals surface area contributed by atoms with Crippen molar-refractivity contribution >= 4 is 34.0 Å². The fraction of sp³-hybridized carbons (Fsp3) is 0.400. The van der Waals surface area contributed by atoms with Crippen molar-refractivity contribution in [2.45, 2.75) is 13.5 Å². The van der Waals surface area contributed by atoms with Crippen LogP contribution in [0, 0.1) is 6.92 Å². The molecule has 108 valence electrons. The molecule has 0 spiro atoms. The Bertz CT molecular complexity index is 576. The number of hydrogen-bond acceptors (Lipinski definition) is 8. The Labute approximate surface area is 123 Å². The standard InChI is InChI=1S/C10H13N5O3S2/c1-5-13-14-10(19-5)12-9(16)11-4-6-7(17-2)15-20-8(6)18-3/h4H2,1-3H3,(H2,11,12,14,16). The van der Waals surface area contributed by atoms with Gasteiger partial charge in [-0.25, -0.2) is 4.79 Å². The first kappa shape index (κ1) is 14.5. The van der Waals surface area contributed by atoms with Crippen molar-refractivity contribution in [3.63, 3.8) is 0 Å². The highest BCUT2D eigenvalue weighted by Gasteiger charge is 2.16. The van der Waals surface area contributed by atoms with Crippen LogP contribution in [0.3, 0.4) is 0 Å². The first-order valence-electron chi connectivity index (χ1n) is 5.55. The van der Waals surface area contributed by atoms with Gasteiger partial charge in [0.15, 0.2) is 0 Å². The average molecular weight is 315 g/mol. The minimum atomic E-state index is -0.378. The van der Waals surface area contributed by atoms with Crippen LogP contribution in [-0.2, 0) is 6.54 Å². The molecule has 2 amide bonds. The molecule has 2 rings (SSSR count). The number of nitrogens with zero attached hydrogens (tertiary/aromatic N) is 3. The normalized spacial score (nSPS) is 10.2. The van der Waals surface area contributed by atoms with Crippen LogP contribution < -0.4 is 20.1 Å². The molecule has 0 radical (unpaired) electrons. The van der Waals surface area contributed by atoms with E-state index in [4.69, 9.17) is 9.47 Å². The summed E-state index contributed by atoms with van der Waals surface area (Å²) in [4.78, 5) is 11.7. The summed E-state index contributed by atoms with van der Waals surface area (Å²) in [5, 5.41) is 14.7. The Balaban J connectivity index is 1.94. The highest BCUT2D eigenvalue weighted by molar-refractivity contribution is 7.15. The van der Waals surface area contributed by atoms with Crippen molar-refractivity contribution in [3.05, 3.63) is 10.6 Å². The van der Waals surface area contributed by atoms with Gasteiger partial charge in [0.05, 0.1) is 26.3 Å². The van der Waals surface area contributed by atoms with Crippen molar-refractivity contribution in [2.24, 2.45) is 0 Å². The third kappa shape index (κ3) is 3.33.